The molecule has 2 aliphatic heterocycles. The maximum absolute atomic E-state index is 12.6. The first-order valence-electron chi connectivity index (χ1n) is 9.26. The van der Waals surface area contributed by atoms with E-state index in [9.17, 15) is 9.59 Å². The molecule has 1 fully saturated rings. The van der Waals surface area contributed by atoms with Crippen molar-refractivity contribution >= 4 is 28.9 Å². The molecule has 2 heterocycles. The summed E-state index contributed by atoms with van der Waals surface area (Å²) in [4.78, 5) is 32.9. The highest BCUT2D eigenvalue weighted by Gasteiger charge is 2.48. The van der Waals surface area contributed by atoms with Gasteiger partial charge in [-0.2, -0.15) is 0 Å². The maximum atomic E-state index is 12.6. The second-order valence-electron chi connectivity index (χ2n) is 6.88. The lowest BCUT2D eigenvalue weighted by Gasteiger charge is -2.36. The first-order valence-corrected chi connectivity index (χ1v) is 10.2. The molecule has 0 bridgehead atoms. The van der Waals surface area contributed by atoms with Gasteiger partial charge in [0.15, 0.2) is 17.4 Å². The molecular weight excluding hydrogens is 372 g/mol. The van der Waals surface area contributed by atoms with Crippen molar-refractivity contribution in [3.63, 3.8) is 0 Å². The number of likely N-dealkylation sites (N-methyl/N-ethyl adjacent to an activating group) is 1. The zero-order chi connectivity index (χ0) is 19.5. The van der Waals surface area contributed by atoms with E-state index in [2.05, 4.69) is 29.6 Å². The number of hydrogen-bond acceptors (Lipinski definition) is 5. The Balaban J connectivity index is 1.54. The number of thioether (sulfide) groups is 1. The summed E-state index contributed by atoms with van der Waals surface area (Å²) in [7, 11) is 1.68. The van der Waals surface area contributed by atoms with Crippen LogP contribution in [-0.4, -0.2) is 52.7 Å². The van der Waals surface area contributed by atoms with E-state index in [4.69, 9.17) is 4.99 Å². The van der Waals surface area contributed by atoms with Gasteiger partial charge in [0.2, 0.25) is 0 Å². The molecule has 144 valence electrons. The van der Waals surface area contributed by atoms with E-state index in [0.717, 1.165) is 17.3 Å². The highest BCUT2D eigenvalue weighted by atomic mass is 32.2. The van der Waals surface area contributed by atoms with E-state index >= 15 is 0 Å². The molecule has 28 heavy (non-hydrogen) atoms. The van der Waals surface area contributed by atoms with Gasteiger partial charge < -0.3 is 9.80 Å². The summed E-state index contributed by atoms with van der Waals surface area (Å²) in [6.45, 7) is 0.668. The zero-order valence-electron chi connectivity index (χ0n) is 15.6. The molecule has 2 aromatic carbocycles. The summed E-state index contributed by atoms with van der Waals surface area (Å²) in [5.74, 6) is 0.487. The minimum absolute atomic E-state index is 0.278. The minimum atomic E-state index is -0.482. The Hall–Kier alpha value is -2.80. The van der Waals surface area contributed by atoms with Gasteiger partial charge in [0, 0.05) is 19.3 Å². The number of benzene rings is 2. The highest BCUT2D eigenvalue weighted by molar-refractivity contribution is 8.13. The number of carbonyl (C=O) groups excluding carboxylic acids is 2. The predicted octanol–water partition coefficient (Wildman–Crippen LogP) is 2.71. The van der Waals surface area contributed by atoms with Gasteiger partial charge in [-0.05, 0) is 17.5 Å². The highest BCUT2D eigenvalue weighted by Crippen LogP contribution is 2.30. The fourth-order valence-corrected chi connectivity index (χ4v) is 4.51. The average Bonchev–Trinajstić information content (AvgIpc) is 3.10. The van der Waals surface area contributed by atoms with Gasteiger partial charge in [0.05, 0.1) is 0 Å². The normalized spacial score (nSPS) is 21.4. The van der Waals surface area contributed by atoms with E-state index < -0.39 is 18.2 Å². The number of imide groups is 1. The largest absolute Gasteiger partial charge is 0.335 e. The summed E-state index contributed by atoms with van der Waals surface area (Å²) >= 11 is 1.61. The second kappa shape index (κ2) is 8.06. The van der Waals surface area contributed by atoms with Crippen LogP contribution in [0.4, 0.5) is 4.79 Å². The molecule has 0 radical (unpaired) electrons. The van der Waals surface area contributed by atoms with Crippen molar-refractivity contribution in [2.75, 3.05) is 13.6 Å². The predicted molar refractivity (Wildman–Crippen MR) is 111 cm³/mol. The summed E-state index contributed by atoms with van der Waals surface area (Å²) < 4.78 is 0. The van der Waals surface area contributed by atoms with E-state index in [1.807, 2.05) is 41.3 Å². The van der Waals surface area contributed by atoms with E-state index in [-0.39, 0.29) is 5.91 Å². The molecule has 2 aliphatic rings. The summed E-state index contributed by atoms with van der Waals surface area (Å²) in [6, 6.07) is 19.5. The number of amides is 3. The number of aliphatic imine (C=N–C) groups is 1. The molecule has 0 aromatic heterocycles. The third kappa shape index (κ3) is 3.75. The Labute approximate surface area is 168 Å². The van der Waals surface area contributed by atoms with Crippen LogP contribution < -0.4 is 5.32 Å². The lowest BCUT2D eigenvalue weighted by molar-refractivity contribution is -0.127. The van der Waals surface area contributed by atoms with Crippen molar-refractivity contribution in [1.82, 2.24) is 15.1 Å². The zero-order valence-corrected chi connectivity index (χ0v) is 16.4. The number of nitrogens with one attached hydrogen (secondary N) is 1. The molecule has 3 amide bonds. The molecule has 0 spiro atoms. The molecular formula is C21H22N4O2S. The minimum Gasteiger partial charge on any atom is -0.335 e. The Kier molecular flexibility index (Phi) is 5.34. The fraction of sp³-hybridized carbons (Fsp3) is 0.286. The Morgan fingerprint density at radius 3 is 2.32 bits per heavy atom. The lowest BCUT2D eigenvalue weighted by Crippen LogP contribution is -2.63. The second-order valence-corrected chi connectivity index (χ2v) is 7.82. The molecule has 4 rings (SSSR count). The molecule has 2 atom stereocenters. The van der Waals surface area contributed by atoms with Crippen molar-refractivity contribution in [2.24, 2.45) is 4.99 Å². The van der Waals surface area contributed by atoms with Crippen LogP contribution in [0.25, 0.3) is 0 Å². The van der Waals surface area contributed by atoms with Crippen molar-refractivity contribution in [3.8, 4) is 0 Å². The van der Waals surface area contributed by atoms with E-state index in [1.165, 1.54) is 16.0 Å². The summed E-state index contributed by atoms with van der Waals surface area (Å²) in [5, 5.41) is 3.26. The molecule has 0 aliphatic carbocycles. The summed E-state index contributed by atoms with van der Waals surface area (Å²) in [6.07, 6.45) is 0.329. The maximum Gasteiger partial charge on any atom is 0.325 e. The van der Waals surface area contributed by atoms with Gasteiger partial charge in [-0.1, -0.05) is 72.4 Å². The van der Waals surface area contributed by atoms with Crippen LogP contribution >= 0.6 is 11.8 Å². The van der Waals surface area contributed by atoms with Crippen LogP contribution in [0.2, 0.25) is 0 Å². The van der Waals surface area contributed by atoms with Crippen LogP contribution in [-0.2, 0) is 17.0 Å². The first kappa shape index (κ1) is 18.6. The summed E-state index contributed by atoms with van der Waals surface area (Å²) in [5.41, 5.74) is 2.40. The van der Waals surface area contributed by atoms with E-state index in [0.29, 0.717) is 6.54 Å². The van der Waals surface area contributed by atoms with Gasteiger partial charge in [0.1, 0.15) is 0 Å². The van der Waals surface area contributed by atoms with Crippen molar-refractivity contribution < 1.29 is 9.59 Å². The number of rotatable bonds is 5. The van der Waals surface area contributed by atoms with Crippen LogP contribution in [0.5, 0.6) is 0 Å². The number of fused-ring (bicyclic) bond motifs is 1. The number of nitrogens with zero attached hydrogens (tertiary/aromatic N) is 3. The SMILES string of the molecule is CN1C(=O)NC(=O)C2C1N=C(SCc1ccccc1)N2CCc1ccccc1. The molecule has 7 heteroatoms. The Morgan fingerprint density at radius 1 is 1.00 bits per heavy atom. The third-order valence-electron chi connectivity index (χ3n) is 5.02. The number of hydrogen-bond donors (Lipinski definition) is 1. The van der Waals surface area contributed by atoms with Crippen LogP contribution in [0.1, 0.15) is 11.1 Å². The van der Waals surface area contributed by atoms with Gasteiger partial charge >= 0.3 is 6.03 Å². The smallest absolute Gasteiger partial charge is 0.325 e. The molecule has 1 saturated heterocycles. The van der Waals surface area contributed by atoms with Crippen molar-refractivity contribution in [3.05, 3.63) is 71.8 Å². The van der Waals surface area contributed by atoms with Crippen LogP contribution in [0.15, 0.2) is 65.7 Å². The number of urea groups is 1. The average molecular weight is 395 g/mol. The number of amidine groups is 1. The first-order chi connectivity index (χ1) is 13.6. The molecule has 1 N–H and O–H groups in total. The molecule has 6 nitrogen and oxygen atoms in total. The van der Waals surface area contributed by atoms with Crippen molar-refractivity contribution in [2.45, 2.75) is 24.4 Å². The third-order valence-corrected chi connectivity index (χ3v) is 6.09. The number of carbonyl (C=O) groups is 2. The van der Waals surface area contributed by atoms with Crippen molar-refractivity contribution in [1.29, 1.82) is 0 Å². The van der Waals surface area contributed by atoms with Crippen LogP contribution in [0, 0.1) is 0 Å². The molecule has 2 aromatic rings. The van der Waals surface area contributed by atoms with Gasteiger partial charge in [-0.3, -0.25) is 10.1 Å². The lowest BCUT2D eigenvalue weighted by atomic mass is 10.1. The Bertz CT molecular complexity index is 888. The quantitative estimate of drug-likeness (QED) is 0.847. The molecule has 2 unspecified atom stereocenters. The fourth-order valence-electron chi connectivity index (χ4n) is 3.47. The van der Waals surface area contributed by atoms with Gasteiger partial charge in [-0.25, -0.2) is 9.79 Å². The van der Waals surface area contributed by atoms with Crippen LogP contribution in [0.3, 0.4) is 0 Å². The van der Waals surface area contributed by atoms with Gasteiger partial charge in [-0.15, -0.1) is 0 Å². The topological polar surface area (TPSA) is 65.0 Å². The standard InChI is InChI=1S/C21H22N4O2S/c1-24-18-17(19(26)23-20(24)27)25(13-12-15-8-4-2-5-9-15)21(22-18)28-14-16-10-6-3-7-11-16/h2-11,17-18H,12-14H2,1H3,(H,23,26,27). The Morgan fingerprint density at radius 2 is 1.64 bits per heavy atom. The van der Waals surface area contributed by atoms with E-state index in [1.54, 1.807) is 18.8 Å². The van der Waals surface area contributed by atoms with Gasteiger partial charge in [0.25, 0.3) is 5.91 Å². The molecule has 0 saturated carbocycles. The monoisotopic (exact) mass is 394 g/mol.